The summed E-state index contributed by atoms with van der Waals surface area (Å²) in [6.45, 7) is 7.48. The van der Waals surface area contributed by atoms with Crippen LogP contribution in [0.2, 0.25) is 0 Å². The molecule has 0 radical (unpaired) electrons. The maximum atomic E-state index is 9.76. The molecule has 0 amide bonds. The number of ether oxygens (including phenoxy) is 1. The van der Waals surface area contributed by atoms with Crippen molar-refractivity contribution in [2.24, 2.45) is 0 Å². The third-order valence-electron chi connectivity index (χ3n) is 6.22. The van der Waals surface area contributed by atoms with Gasteiger partial charge in [-0.15, -0.1) is 0 Å². The van der Waals surface area contributed by atoms with Gasteiger partial charge in [-0.3, -0.25) is 5.10 Å². The highest BCUT2D eigenvalue weighted by atomic mass is 16.5. The van der Waals surface area contributed by atoms with Gasteiger partial charge in [0, 0.05) is 35.5 Å². The SMILES string of the molecule is CCn1cc(-c2cn[nH]c2)c2c(-c3c(C)ccc(OCc4ccccc4)c3C)cc(C#N)nc21. The number of nitriles is 1. The molecule has 168 valence electrons. The van der Waals surface area contributed by atoms with Crippen molar-refractivity contribution in [3.63, 3.8) is 0 Å². The van der Waals surface area contributed by atoms with Gasteiger partial charge >= 0.3 is 0 Å². The Morgan fingerprint density at radius 1 is 1.09 bits per heavy atom. The van der Waals surface area contributed by atoms with Gasteiger partial charge in [-0.2, -0.15) is 10.4 Å². The van der Waals surface area contributed by atoms with Crippen LogP contribution in [0, 0.1) is 25.2 Å². The minimum absolute atomic E-state index is 0.392. The predicted octanol–water partition coefficient (Wildman–Crippen LogP) is 6.18. The molecular formula is C28H25N5O. The number of aromatic amines is 1. The topological polar surface area (TPSA) is 79.5 Å². The normalized spacial score (nSPS) is 11.0. The summed E-state index contributed by atoms with van der Waals surface area (Å²) in [5.74, 6) is 0.827. The lowest BCUT2D eigenvalue weighted by Crippen LogP contribution is -2.00. The first-order valence-corrected chi connectivity index (χ1v) is 11.3. The zero-order valence-electron chi connectivity index (χ0n) is 19.5. The quantitative estimate of drug-likeness (QED) is 0.337. The lowest BCUT2D eigenvalue weighted by atomic mass is 9.91. The predicted molar refractivity (Wildman–Crippen MR) is 133 cm³/mol. The van der Waals surface area contributed by atoms with E-state index in [1.807, 2.05) is 42.7 Å². The molecule has 5 aromatic rings. The maximum Gasteiger partial charge on any atom is 0.143 e. The first-order chi connectivity index (χ1) is 16.6. The molecule has 0 unspecified atom stereocenters. The highest BCUT2D eigenvalue weighted by Crippen LogP contribution is 2.41. The van der Waals surface area contributed by atoms with Gasteiger partial charge in [0.05, 0.1) is 6.20 Å². The Labute approximate surface area is 198 Å². The molecule has 0 fully saturated rings. The Morgan fingerprint density at radius 3 is 2.62 bits per heavy atom. The van der Waals surface area contributed by atoms with Crippen LogP contribution in [0.15, 0.2) is 67.1 Å². The third kappa shape index (κ3) is 3.71. The Balaban J connectivity index is 1.72. The number of H-pyrrole nitrogens is 1. The molecule has 3 heterocycles. The number of benzene rings is 2. The van der Waals surface area contributed by atoms with Gasteiger partial charge in [0.15, 0.2) is 0 Å². The van der Waals surface area contributed by atoms with Crippen LogP contribution in [-0.4, -0.2) is 19.7 Å². The van der Waals surface area contributed by atoms with Gasteiger partial charge in [-0.05, 0) is 60.7 Å². The summed E-state index contributed by atoms with van der Waals surface area (Å²) in [5.41, 5.74) is 8.51. The standard InChI is InChI=1S/C28H25N5O/c1-4-33-16-24(21-14-30-31-15-21)27-23(12-22(13-29)32-28(27)33)26-18(2)10-11-25(19(26)3)34-17-20-8-6-5-7-9-20/h5-12,14-16H,4,17H2,1-3H3,(H,30,31). The van der Waals surface area contributed by atoms with Crippen molar-refractivity contribution in [1.29, 1.82) is 5.26 Å². The molecular weight excluding hydrogens is 422 g/mol. The zero-order valence-corrected chi connectivity index (χ0v) is 19.5. The number of nitrogens with one attached hydrogen (secondary N) is 1. The summed E-state index contributed by atoms with van der Waals surface area (Å²) >= 11 is 0. The summed E-state index contributed by atoms with van der Waals surface area (Å²) in [6.07, 6.45) is 5.79. The molecule has 5 rings (SSSR count). The van der Waals surface area contributed by atoms with E-state index in [9.17, 15) is 5.26 Å². The number of rotatable bonds is 6. The molecule has 0 saturated heterocycles. The molecule has 2 aromatic carbocycles. The Morgan fingerprint density at radius 2 is 1.91 bits per heavy atom. The molecule has 0 bridgehead atoms. The van der Waals surface area contributed by atoms with Crippen molar-refractivity contribution in [1.82, 2.24) is 19.7 Å². The lowest BCUT2D eigenvalue weighted by molar-refractivity contribution is 0.304. The maximum absolute atomic E-state index is 9.76. The Hall–Kier alpha value is -4.37. The molecule has 0 aliphatic heterocycles. The molecule has 0 saturated carbocycles. The molecule has 3 aromatic heterocycles. The van der Waals surface area contributed by atoms with Crippen molar-refractivity contribution >= 4 is 11.0 Å². The third-order valence-corrected chi connectivity index (χ3v) is 6.22. The van der Waals surface area contributed by atoms with E-state index in [0.717, 1.165) is 62.3 Å². The van der Waals surface area contributed by atoms with Gasteiger partial charge < -0.3 is 9.30 Å². The molecule has 6 heteroatoms. The average Bonchev–Trinajstić information content (AvgIpc) is 3.52. The van der Waals surface area contributed by atoms with Crippen molar-refractivity contribution in [3.8, 4) is 34.1 Å². The summed E-state index contributed by atoms with van der Waals surface area (Å²) in [5, 5.41) is 17.8. The van der Waals surface area contributed by atoms with E-state index >= 15 is 0 Å². The fourth-order valence-corrected chi connectivity index (χ4v) is 4.53. The van der Waals surface area contributed by atoms with E-state index in [4.69, 9.17) is 4.74 Å². The smallest absolute Gasteiger partial charge is 0.143 e. The average molecular weight is 448 g/mol. The van der Waals surface area contributed by atoms with Gasteiger partial charge in [0.1, 0.15) is 29.8 Å². The number of hydrogen-bond acceptors (Lipinski definition) is 4. The van der Waals surface area contributed by atoms with Crippen LogP contribution in [-0.2, 0) is 13.2 Å². The fourth-order valence-electron chi connectivity index (χ4n) is 4.53. The van der Waals surface area contributed by atoms with Gasteiger partial charge in [-0.25, -0.2) is 4.98 Å². The van der Waals surface area contributed by atoms with E-state index in [-0.39, 0.29) is 0 Å². The first-order valence-electron chi connectivity index (χ1n) is 11.3. The largest absolute Gasteiger partial charge is 0.489 e. The van der Waals surface area contributed by atoms with Crippen LogP contribution in [0.1, 0.15) is 29.3 Å². The van der Waals surface area contributed by atoms with E-state index in [1.165, 1.54) is 0 Å². The number of aromatic nitrogens is 4. The van der Waals surface area contributed by atoms with E-state index in [2.05, 4.69) is 71.0 Å². The van der Waals surface area contributed by atoms with Gasteiger partial charge in [0.2, 0.25) is 0 Å². The molecule has 1 N–H and O–H groups in total. The second-order valence-electron chi connectivity index (χ2n) is 8.34. The van der Waals surface area contributed by atoms with Crippen LogP contribution < -0.4 is 4.74 Å². The zero-order chi connectivity index (χ0) is 23.7. The van der Waals surface area contributed by atoms with Crippen LogP contribution in [0.4, 0.5) is 0 Å². The molecule has 0 aliphatic rings. The van der Waals surface area contributed by atoms with Crippen LogP contribution in [0.5, 0.6) is 5.75 Å². The van der Waals surface area contributed by atoms with E-state index < -0.39 is 0 Å². The van der Waals surface area contributed by atoms with E-state index in [0.29, 0.717) is 12.3 Å². The summed E-state index contributed by atoms with van der Waals surface area (Å²) in [4.78, 5) is 4.68. The van der Waals surface area contributed by atoms with Gasteiger partial charge in [0.25, 0.3) is 0 Å². The van der Waals surface area contributed by atoms with Crippen LogP contribution in [0.3, 0.4) is 0 Å². The highest BCUT2D eigenvalue weighted by Gasteiger charge is 2.21. The molecule has 0 atom stereocenters. The summed E-state index contributed by atoms with van der Waals surface area (Å²) in [7, 11) is 0. The number of fused-ring (bicyclic) bond motifs is 1. The first kappa shape index (κ1) is 21.5. The van der Waals surface area contributed by atoms with Crippen LogP contribution >= 0.6 is 0 Å². The van der Waals surface area contributed by atoms with E-state index in [1.54, 1.807) is 0 Å². The number of hydrogen-bond donors (Lipinski definition) is 1. The Kier molecular flexibility index (Phi) is 5.60. The molecule has 34 heavy (non-hydrogen) atoms. The fraction of sp³-hybridized carbons (Fsp3) is 0.179. The Bertz CT molecular complexity index is 1510. The second-order valence-corrected chi connectivity index (χ2v) is 8.34. The van der Waals surface area contributed by atoms with Crippen molar-refractivity contribution in [2.75, 3.05) is 0 Å². The molecule has 0 spiro atoms. The second kappa shape index (κ2) is 8.87. The number of pyridine rings is 1. The summed E-state index contributed by atoms with van der Waals surface area (Å²) in [6, 6.07) is 18.4. The molecule has 6 nitrogen and oxygen atoms in total. The van der Waals surface area contributed by atoms with Crippen LogP contribution in [0.25, 0.3) is 33.3 Å². The molecule has 0 aliphatic carbocycles. The van der Waals surface area contributed by atoms with Crippen molar-refractivity contribution in [2.45, 2.75) is 33.9 Å². The number of nitrogens with zero attached hydrogens (tertiary/aromatic N) is 4. The monoisotopic (exact) mass is 447 g/mol. The van der Waals surface area contributed by atoms with Crippen molar-refractivity contribution in [3.05, 3.63) is 89.5 Å². The van der Waals surface area contributed by atoms with Gasteiger partial charge in [-0.1, -0.05) is 36.4 Å². The summed E-state index contributed by atoms with van der Waals surface area (Å²) < 4.78 is 8.32. The van der Waals surface area contributed by atoms with Crippen molar-refractivity contribution < 1.29 is 4.74 Å². The highest BCUT2D eigenvalue weighted by molar-refractivity contribution is 6.05. The minimum atomic E-state index is 0.392. The number of aryl methyl sites for hydroxylation is 2. The minimum Gasteiger partial charge on any atom is -0.489 e. The lowest BCUT2D eigenvalue weighted by Gasteiger charge is -2.17.